The normalized spacial score (nSPS) is 10.7. The average Bonchev–Trinajstić information content (AvgIpc) is 3.02. The number of amides is 1. The van der Waals surface area contributed by atoms with Crippen LogP contribution in [0.2, 0.25) is 0 Å². The highest BCUT2D eigenvalue weighted by Crippen LogP contribution is 2.27. The first kappa shape index (κ1) is 15.8. The van der Waals surface area contributed by atoms with E-state index in [1.54, 1.807) is 17.5 Å². The van der Waals surface area contributed by atoms with Gasteiger partial charge in [-0.25, -0.2) is 4.98 Å². The molecule has 0 saturated carbocycles. The van der Waals surface area contributed by atoms with Gasteiger partial charge in [-0.3, -0.25) is 4.79 Å². The fourth-order valence-corrected chi connectivity index (χ4v) is 4.72. The number of carbonyl (C=O) groups excluding carboxylic acids is 1. The molecule has 0 radical (unpaired) electrons. The summed E-state index contributed by atoms with van der Waals surface area (Å²) >= 11 is 8.00. The number of hydrogen-bond acceptors (Lipinski definition) is 6. The highest BCUT2D eigenvalue weighted by molar-refractivity contribution is 9.11. The van der Waals surface area contributed by atoms with Crippen molar-refractivity contribution in [1.29, 1.82) is 0 Å². The SMILES string of the molecule is CCN(Cc1ccc(Br)s1)C(=O)CSc1cnc(N)s1. The Labute approximate surface area is 138 Å². The predicted molar refractivity (Wildman–Crippen MR) is 90.4 cm³/mol. The maximum Gasteiger partial charge on any atom is 0.233 e. The molecule has 0 aromatic carbocycles. The second-order valence-electron chi connectivity index (χ2n) is 3.92. The lowest BCUT2D eigenvalue weighted by atomic mass is 10.4. The lowest BCUT2D eigenvalue weighted by Crippen LogP contribution is -2.31. The van der Waals surface area contributed by atoms with Crippen molar-refractivity contribution < 1.29 is 4.79 Å². The fourth-order valence-electron chi connectivity index (χ4n) is 1.56. The molecule has 1 amide bonds. The first-order valence-electron chi connectivity index (χ1n) is 5.94. The van der Waals surface area contributed by atoms with Crippen molar-refractivity contribution >= 4 is 61.4 Å². The largest absolute Gasteiger partial charge is 0.375 e. The van der Waals surface area contributed by atoms with E-state index in [2.05, 4.69) is 20.9 Å². The van der Waals surface area contributed by atoms with Crippen molar-refractivity contribution in [2.45, 2.75) is 17.7 Å². The average molecular weight is 392 g/mol. The molecule has 0 spiro atoms. The van der Waals surface area contributed by atoms with E-state index in [1.165, 1.54) is 28.0 Å². The molecule has 0 fully saturated rings. The van der Waals surface area contributed by atoms with E-state index >= 15 is 0 Å². The number of thiophene rings is 1. The van der Waals surface area contributed by atoms with Crippen molar-refractivity contribution in [2.75, 3.05) is 18.0 Å². The summed E-state index contributed by atoms with van der Waals surface area (Å²) in [6, 6.07) is 4.05. The van der Waals surface area contributed by atoms with Crippen molar-refractivity contribution in [1.82, 2.24) is 9.88 Å². The molecule has 0 aliphatic carbocycles. The Morgan fingerprint density at radius 3 is 2.85 bits per heavy atom. The molecule has 2 rings (SSSR count). The molecule has 0 aliphatic rings. The van der Waals surface area contributed by atoms with Crippen LogP contribution in [0.5, 0.6) is 0 Å². The number of nitrogen functional groups attached to an aromatic ring is 1. The van der Waals surface area contributed by atoms with E-state index in [0.717, 1.165) is 8.00 Å². The van der Waals surface area contributed by atoms with Gasteiger partial charge in [0.1, 0.15) is 0 Å². The summed E-state index contributed by atoms with van der Waals surface area (Å²) in [4.78, 5) is 19.2. The maximum atomic E-state index is 12.2. The van der Waals surface area contributed by atoms with E-state index in [1.807, 2.05) is 24.0 Å². The van der Waals surface area contributed by atoms with Gasteiger partial charge in [0.2, 0.25) is 5.91 Å². The Hall–Kier alpha value is -0.570. The van der Waals surface area contributed by atoms with Gasteiger partial charge in [-0.05, 0) is 35.0 Å². The Morgan fingerprint density at radius 2 is 2.30 bits per heavy atom. The smallest absolute Gasteiger partial charge is 0.233 e. The second kappa shape index (κ2) is 7.44. The summed E-state index contributed by atoms with van der Waals surface area (Å²) in [6.45, 7) is 3.37. The molecular weight excluding hydrogens is 378 g/mol. The van der Waals surface area contributed by atoms with Crippen molar-refractivity contribution in [2.24, 2.45) is 0 Å². The number of carbonyl (C=O) groups is 1. The van der Waals surface area contributed by atoms with Crippen LogP contribution in [0.25, 0.3) is 0 Å². The molecule has 108 valence electrons. The quantitative estimate of drug-likeness (QED) is 0.762. The van der Waals surface area contributed by atoms with Gasteiger partial charge >= 0.3 is 0 Å². The summed E-state index contributed by atoms with van der Waals surface area (Å²) in [5, 5.41) is 0.538. The summed E-state index contributed by atoms with van der Waals surface area (Å²) in [5.41, 5.74) is 5.57. The standard InChI is InChI=1S/C12H14BrN3OS3/c1-2-16(6-8-3-4-9(13)19-8)10(17)7-18-11-5-15-12(14)20-11/h3-5H,2,6-7H2,1H3,(H2,14,15). The third-order valence-electron chi connectivity index (χ3n) is 2.55. The fraction of sp³-hybridized carbons (Fsp3) is 0.333. The van der Waals surface area contributed by atoms with Crippen LogP contribution in [0.1, 0.15) is 11.8 Å². The van der Waals surface area contributed by atoms with E-state index in [4.69, 9.17) is 5.73 Å². The lowest BCUT2D eigenvalue weighted by molar-refractivity contribution is -0.128. The number of aromatic nitrogens is 1. The number of hydrogen-bond donors (Lipinski definition) is 1. The zero-order chi connectivity index (χ0) is 14.5. The molecule has 4 nitrogen and oxygen atoms in total. The van der Waals surface area contributed by atoms with E-state index < -0.39 is 0 Å². The van der Waals surface area contributed by atoms with Gasteiger partial charge in [0.25, 0.3) is 0 Å². The van der Waals surface area contributed by atoms with E-state index in [0.29, 0.717) is 24.0 Å². The van der Waals surface area contributed by atoms with Crippen molar-refractivity contribution in [3.8, 4) is 0 Å². The Balaban J connectivity index is 1.88. The Morgan fingerprint density at radius 1 is 1.50 bits per heavy atom. The summed E-state index contributed by atoms with van der Waals surface area (Å²) < 4.78 is 2.07. The minimum Gasteiger partial charge on any atom is -0.375 e. The van der Waals surface area contributed by atoms with Gasteiger partial charge in [0.05, 0.1) is 26.5 Å². The van der Waals surface area contributed by atoms with Crippen molar-refractivity contribution in [3.63, 3.8) is 0 Å². The van der Waals surface area contributed by atoms with Crippen LogP contribution in [-0.4, -0.2) is 28.1 Å². The van der Waals surface area contributed by atoms with Crippen LogP contribution in [-0.2, 0) is 11.3 Å². The summed E-state index contributed by atoms with van der Waals surface area (Å²) in [7, 11) is 0. The van der Waals surface area contributed by atoms with Crippen LogP contribution in [0, 0.1) is 0 Å². The number of anilines is 1. The monoisotopic (exact) mass is 391 g/mol. The van der Waals surface area contributed by atoms with Gasteiger partial charge in [-0.1, -0.05) is 11.3 Å². The molecule has 2 heterocycles. The lowest BCUT2D eigenvalue weighted by Gasteiger charge is -2.19. The van der Waals surface area contributed by atoms with Gasteiger partial charge in [-0.15, -0.1) is 23.1 Å². The molecule has 2 N–H and O–H groups in total. The van der Waals surface area contributed by atoms with E-state index in [9.17, 15) is 4.79 Å². The summed E-state index contributed by atoms with van der Waals surface area (Å²) in [6.07, 6.45) is 1.71. The van der Waals surface area contributed by atoms with Gasteiger partial charge in [0.15, 0.2) is 5.13 Å². The minimum atomic E-state index is 0.133. The second-order valence-corrected chi connectivity index (χ2v) is 8.81. The predicted octanol–water partition coefficient (Wildman–Crippen LogP) is 3.69. The molecule has 0 unspecified atom stereocenters. The third-order valence-corrected chi connectivity index (χ3v) is 6.16. The number of halogens is 1. The third kappa shape index (κ3) is 4.47. The number of nitrogens with zero attached hydrogens (tertiary/aromatic N) is 2. The molecule has 2 aromatic heterocycles. The van der Waals surface area contributed by atoms with Crippen LogP contribution >= 0.6 is 50.4 Å². The molecule has 0 atom stereocenters. The van der Waals surface area contributed by atoms with Gasteiger partial charge in [0, 0.05) is 11.4 Å². The summed E-state index contributed by atoms with van der Waals surface area (Å²) in [5.74, 6) is 0.552. The Kier molecular flexibility index (Phi) is 5.88. The van der Waals surface area contributed by atoms with Crippen LogP contribution < -0.4 is 5.73 Å². The highest BCUT2D eigenvalue weighted by Gasteiger charge is 2.14. The topological polar surface area (TPSA) is 59.2 Å². The highest BCUT2D eigenvalue weighted by atomic mass is 79.9. The van der Waals surface area contributed by atoms with Crippen molar-refractivity contribution in [3.05, 3.63) is 27.0 Å². The zero-order valence-corrected chi connectivity index (χ0v) is 14.9. The van der Waals surface area contributed by atoms with E-state index in [-0.39, 0.29) is 5.91 Å². The molecular formula is C12H14BrN3OS3. The first-order valence-corrected chi connectivity index (χ1v) is 9.35. The number of thioether (sulfide) groups is 1. The maximum absolute atomic E-state index is 12.2. The molecule has 0 aliphatic heterocycles. The van der Waals surface area contributed by atoms with Crippen LogP contribution in [0.4, 0.5) is 5.13 Å². The van der Waals surface area contributed by atoms with Gasteiger partial charge in [-0.2, -0.15) is 0 Å². The molecule has 8 heteroatoms. The molecule has 0 bridgehead atoms. The number of nitrogens with two attached hydrogens (primary N) is 1. The molecule has 2 aromatic rings. The Bertz CT molecular complexity index is 584. The van der Waals surface area contributed by atoms with Crippen LogP contribution in [0.15, 0.2) is 26.3 Å². The number of thiazole rings is 1. The van der Waals surface area contributed by atoms with Crippen LogP contribution in [0.3, 0.4) is 0 Å². The first-order chi connectivity index (χ1) is 9.58. The van der Waals surface area contributed by atoms with Gasteiger partial charge < -0.3 is 10.6 Å². The molecule has 20 heavy (non-hydrogen) atoms. The minimum absolute atomic E-state index is 0.133. The molecule has 0 saturated heterocycles. The zero-order valence-electron chi connectivity index (χ0n) is 10.8. The number of rotatable bonds is 6.